The third-order valence-electron chi connectivity index (χ3n) is 2.43. The molecule has 0 unspecified atom stereocenters. The first kappa shape index (κ1) is 14.9. The molecular weight excluding hydrogens is 247 g/mol. The maximum atomic E-state index is 12.1. The molecule has 1 saturated heterocycles. The van der Waals surface area contributed by atoms with Crippen molar-refractivity contribution in [2.24, 2.45) is 0 Å². The SMILES string of the molecule is CC(C)(C)OC(=O)N1CCC[C@H]1/C=C/C(F)(F)F. The Morgan fingerprint density at radius 1 is 1.33 bits per heavy atom. The second-order valence-electron chi connectivity index (χ2n) is 5.28. The van der Waals surface area contributed by atoms with E-state index < -0.39 is 23.9 Å². The summed E-state index contributed by atoms with van der Waals surface area (Å²) in [7, 11) is 0. The Hall–Kier alpha value is -1.20. The van der Waals surface area contributed by atoms with Crippen molar-refractivity contribution >= 4 is 6.09 Å². The van der Waals surface area contributed by atoms with Crippen molar-refractivity contribution in [2.75, 3.05) is 6.54 Å². The van der Waals surface area contributed by atoms with E-state index in [2.05, 4.69) is 0 Å². The molecule has 0 aromatic rings. The first-order valence-corrected chi connectivity index (χ1v) is 5.84. The second kappa shape index (κ2) is 5.20. The van der Waals surface area contributed by atoms with Crippen molar-refractivity contribution in [3.8, 4) is 0 Å². The van der Waals surface area contributed by atoms with Gasteiger partial charge in [0.2, 0.25) is 0 Å². The van der Waals surface area contributed by atoms with Crippen LogP contribution in [-0.2, 0) is 4.74 Å². The summed E-state index contributed by atoms with van der Waals surface area (Å²) in [6.07, 6.45) is -2.48. The highest BCUT2D eigenvalue weighted by Gasteiger charge is 2.32. The molecule has 1 atom stereocenters. The molecule has 0 N–H and O–H groups in total. The molecule has 0 saturated carbocycles. The Morgan fingerprint density at radius 2 is 1.94 bits per heavy atom. The van der Waals surface area contributed by atoms with Crippen LogP contribution in [0.4, 0.5) is 18.0 Å². The average Bonchev–Trinajstić information content (AvgIpc) is 2.58. The smallest absolute Gasteiger partial charge is 0.410 e. The highest BCUT2D eigenvalue weighted by atomic mass is 19.4. The lowest BCUT2D eigenvalue weighted by Gasteiger charge is -2.27. The molecule has 0 aromatic carbocycles. The van der Waals surface area contributed by atoms with Gasteiger partial charge in [0.1, 0.15) is 5.60 Å². The molecule has 0 spiro atoms. The predicted octanol–water partition coefficient (Wildman–Crippen LogP) is 3.50. The van der Waals surface area contributed by atoms with Crippen molar-refractivity contribution in [3.05, 3.63) is 12.2 Å². The van der Waals surface area contributed by atoms with Crippen LogP contribution in [0.15, 0.2) is 12.2 Å². The van der Waals surface area contributed by atoms with E-state index in [9.17, 15) is 18.0 Å². The van der Waals surface area contributed by atoms with E-state index in [4.69, 9.17) is 4.74 Å². The van der Waals surface area contributed by atoms with Crippen LogP contribution < -0.4 is 0 Å². The van der Waals surface area contributed by atoms with Gasteiger partial charge in [-0.25, -0.2) is 4.79 Å². The van der Waals surface area contributed by atoms with Crippen molar-refractivity contribution in [2.45, 2.75) is 51.4 Å². The third-order valence-corrected chi connectivity index (χ3v) is 2.43. The quantitative estimate of drug-likeness (QED) is 0.679. The fraction of sp³-hybridized carbons (Fsp3) is 0.750. The minimum atomic E-state index is -4.35. The number of allylic oxidation sites excluding steroid dienone is 1. The summed E-state index contributed by atoms with van der Waals surface area (Å²) >= 11 is 0. The zero-order valence-corrected chi connectivity index (χ0v) is 10.8. The summed E-state index contributed by atoms with van der Waals surface area (Å²) in [6.45, 7) is 5.60. The highest BCUT2D eigenvalue weighted by molar-refractivity contribution is 5.69. The monoisotopic (exact) mass is 265 g/mol. The summed E-state index contributed by atoms with van der Waals surface area (Å²) in [5, 5.41) is 0. The number of hydrogen-bond acceptors (Lipinski definition) is 2. The van der Waals surface area contributed by atoms with E-state index in [-0.39, 0.29) is 6.08 Å². The van der Waals surface area contributed by atoms with Gasteiger partial charge in [-0.1, -0.05) is 6.08 Å². The molecule has 6 heteroatoms. The third kappa shape index (κ3) is 4.98. The number of carbonyl (C=O) groups excluding carboxylic acids is 1. The van der Waals surface area contributed by atoms with Crippen LogP contribution in [0.2, 0.25) is 0 Å². The molecule has 1 aliphatic rings. The minimum absolute atomic E-state index is 0.181. The van der Waals surface area contributed by atoms with E-state index in [0.717, 1.165) is 6.08 Å². The van der Waals surface area contributed by atoms with Gasteiger partial charge in [-0.05, 0) is 33.6 Å². The van der Waals surface area contributed by atoms with Crippen LogP contribution in [-0.4, -0.2) is 35.4 Å². The number of likely N-dealkylation sites (tertiary alicyclic amines) is 1. The topological polar surface area (TPSA) is 29.5 Å². The summed E-state index contributed by atoms with van der Waals surface area (Å²) in [6, 6.07) is -0.526. The van der Waals surface area contributed by atoms with E-state index in [1.807, 2.05) is 0 Å². The van der Waals surface area contributed by atoms with E-state index >= 15 is 0 Å². The Labute approximate surface area is 105 Å². The molecule has 0 aliphatic carbocycles. The molecule has 0 aromatic heterocycles. The average molecular weight is 265 g/mol. The fourth-order valence-corrected chi connectivity index (χ4v) is 1.76. The predicted molar refractivity (Wildman–Crippen MR) is 61.2 cm³/mol. The van der Waals surface area contributed by atoms with Crippen LogP contribution >= 0.6 is 0 Å². The zero-order chi connectivity index (χ0) is 14.0. The van der Waals surface area contributed by atoms with Gasteiger partial charge < -0.3 is 9.64 Å². The molecule has 18 heavy (non-hydrogen) atoms. The first-order valence-electron chi connectivity index (χ1n) is 5.84. The van der Waals surface area contributed by atoms with Crippen LogP contribution in [0.1, 0.15) is 33.6 Å². The largest absolute Gasteiger partial charge is 0.444 e. The molecule has 0 radical (unpaired) electrons. The number of nitrogens with zero attached hydrogens (tertiary/aromatic N) is 1. The summed E-state index contributed by atoms with van der Waals surface area (Å²) < 4.78 is 41.4. The highest BCUT2D eigenvalue weighted by Crippen LogP contribution is 2.24. The molecule has 0 bridgehead atoms. The van der Waals surface area contributed by atoms with Crippen molar-refractivity contribution in [1.82, 2.24) is 4.90 Å². The van der Waals surface area contributed by atoms with Crippen molar-refractivity contribution in [3.63, 3.8) is 0 Å². The van der Waals surface area contributed by atoms with E-state index in [1.54, 1.807) is 20.8 Å². The maximum Gasteiger partial charge on any atom is 0.410 e. The van der Waals surface area contributed by atoms with Crippen LogP contribution in [0.3, 0.4) is 0 Å². The summed E-state index contributed by atoms with van der Waals surface area (Å²) in [5.74, 6) is 0. The van der Waals surface area contributed by atoms with Gasteiger partial charge in [0.25, 0.3) is 0 Å². The lowest BCUT2D eigenvalue weighted by atomic mass is 10.2. The lowest BCUT2D eigenvalue weighted by molar-refractivity contribution is -0.0803. The molecule has 1 aliphatic heterocycles. The summed E-state index contributed by atoms with van der Waals surface area (Å²) in [4.78, 5) is 13.1. The zero-order valence-electron chi connectivity index (χ0n) is 10.8. The molecule has 1 amide bonds. The minimum Gasteiger partial charge on any atom is -0.444 e. The van der Waals surface area contributed by atoms with Gasteiger partial charge in [-0.3, -0.25) is 0 Å². The number of amides is 1. The molecule has 1 heterocycles. The maximum absolute atomic E-state index is 12.1. The van der Waals surface area contributed by atoms with E-state index in [1.165, 1.54) is 4.90 Å². The number of halogens is 3. The van der Waals surface area contributed by atoms with Crippen LogP contribution in [0.5, 0.6) is 0 Å². The fourth-order valence-electron chi connectivity index (χ4n) is 1.76. The first-order chi connectivity index (χ1) is 8.08. The second-order valence-corrected chi connectivity index (χ2v) is 5.28. The molecule has 1 fully saturated rings. The van der Waals surface area contributed by atoms with Crippen LogP contribution in [0, 0.1) is 0 Å². The Morgan fingerprint density at radius 3 is 2.44 bits per heavy atom. The number of carbonyl (C=O) groups is 1. The van der Waals surface area contributed by atoms with Crippen molar-refractivity contribution in [1.29, 1.82) is 0 Å². The lowest BCUT2D eigenvalue weighted by Crippen LogP contribution is -2.39. The standard InChI is InChI=1S/C12H18F3NO2/c1-11(2,3)18-10(17)16-8-4-5-9(16)6-7-12(13,14)15/h6-7,9H,4-5,8H2,1-3H3/b7-6+/t9-/m0/s1. The molecule has 1 rings (SSSR count). The van der Waals surface area contributed by atoms with Crippen LogP contribution in [0.25, 0.3) is 0 Å². The number of hydrogen-bond donors (Lipinski definition) is 0. The van der Waals surface area contributed by atoms with Crippen molar-refractivity contribution < 1.29 is 22.7 Å². The molecule has 3 nitrogen and oxygen atoms in total. The van der Waals surface area contributed by atoms with Gasteiger partial charge in [0.15, 0.2) is 0 Å². The van der Waals surface area contributed by atoms with Gasteiger partial charge in [0.05, 0.1) is 6.04 Å². The van der Waals surface area contributed by atoms with Gasteiger partial charge >= 0.3 is 12.3 Å². The van der Waals surface area contributed by atoms with Gasteiger partial charge in [-0.15, -0.1) is 0 Å². The molecular formula is C12H18F3NO2. The van der Waals surface area contributed by atoms with Gasteiger partial charge in [-0.2, -0.15) is 13.2 Å². The summed E-state index contributed by atoms with van der Waals surface area (Å²) in [5.41, 5.74) is -0.641. The Kier molecular flexibility index (Phi) is 4.29. The number of ether oxygens (including phenoxy) is 1. The Bertz CT molecular complexity index is 331. The number of alkyl halides is 3. The van der Waals surface area contributed by atoms with Gasteiger partial charge in [0, 0.05) is 12.6 Å². The Balaban J connectivity index is 2.65. The normalized spacial score (nSPS) is 21.7. The molecule has 104 valence electrons. The number of rotatable bonds is 1. The van der Waals surface area contributed by atoms with E-state index in [0.29, 0.717) is 19.4 Å².